The van der Waals surface area contributed by atoms with Gasteiger partial charge in [0.15, 0.2) is 5.03 Å². The van der Waals surface area contributed by atoms with E-state index < -0.39 is 10.1 Å². The Kier molecular flexibility index (Phi) is 7.26. The summed E-state index contributed by atoms with van der Waals surface area (Å²) in [5, 5.41) is 0.567. The van der Waals surface area contributed by atoms with Gasteiger partial charge in [-0.1, -0.05) is 43.1 Å². The van der Waals surface area contributed by atoms with Crippen molar-refractivity contribution in [1.82, 2.24) is 19.4 Å². The van der Waals surface area contributed by atoms with Gasteiger partial charge in [0.05, 0.1) is 18.8 Å². The lowest BCUT2D eigenvalue weighted by Crippen LogP contribution is -2.21. The summed E-state index contributed by atoms with van der Waals surface area (Å²) in [5.41, 5.74) is 1.28. The second-order valence-electron chi connectivity index (χ2n) is 7.70. The Balaban J connectivity index is 2.16. The van der Waals surface area contributed by atoms with Crippen molar-refractivity contribution >= 4 is 33.3 Å². The molecule has 0 radical (unpaired) electrons. The first-order chi connectivity index (χ1) is 14.6. The van der Waals surface area contributed by atoms with Crippen LogP contribution in [0.5, 0.6) is 5.75 Å². The predicted molar refractivity (Wildman–Crippen MR) is 121 cm³/mol. The fourth-order valence-electron chi connectivity index (χ4n) is 3.13. The summed E-state index contributed by atoms with van der Waals surface area (Å²) in [6, 6.07) is 8.00. The van der Waals surface area contributed by atoms with Gasteiger partial charge in [-0.3, -0.25) is 4.98 Å². The van der Waals surface area contributed by atoms with Gasteiger partial charge < -0.3 is 13.7 Å². The first kappa shape index (κ1) is 23.5. The number of halogens is 2. The van der Waals surface area contributed by atoms with E-state index in [1.807, 2.05) is 38.9 Å². The Labute approximate surface area is 192 Å². The van der Waals surface area contributed by atoms with Crippen LogP contribution in [0.2, 0.25) is 10.0 Å². The Morgan fingerprint density at radius 2 is 1.84 bits per heavy atom. The summed E-state index contributed by atoms with van der Waals surface area (Å²) in [4.78, 5) is 10.7. The van der Waals surface area contributed by atoms with Crippen molar-refractivity contribution in [3.63, 3.8) is 0 Å². The molecule has 3 aromatic rings. The maximum Gasteiger partial charge on any atom is 0.357 e. The smallest absolute Gasteiger partial charge is 0.357 e. The number of pyridine rings is 1. The van der Waals surface area contributed by atoms with E-state index in [0.29, 0.717) is 18.1 Å². The van der Waals surface area contributed by atoms with E-state index in [4.69, 9.17) is 27.4 Å². The summed E-state index contributed by atoms with van der Waals surface area (Å²) in [6.07, 6.45) is 3.36. The summed E-state index contributed by atoms with van der Waals surface area (Å²) in [7, 11) is -0.445. The highest BCUT2D eigenvalue weighted by Crippen LogP contribution is 2.31. The van der Waals surface area contributed by atoms with Crippen LogP contribution in [0.4, 0.5) is 0 Å². The van der Waals surface area contributed by atoms with Crippen LogP contribution in [0.1, 0.15) is 36.8 Å². The predicted octanol–water partition coefficient (Wildman–Crippen LogP) is 4.59. The van der Waals surface area contributed by atoms with Gasteiger partial charge in [-0.05, 0) is 37.7 Å². The van der Waals surface area contributed by atoms with Crippen molar-refractivity contribution in [3.05, 3.63) is 69.9 Å². The molecule has 7 nitrogen and oxygen atoms in total. The maximum absolute atomic E-state index is 13.5. The quantitative estimate of drug-likeness (QED) is 0.437. The van der Waals surface area contributed by atoms with Crippen LogP contribution in [0.3, 0.4) is 0 Å². The molecule has 0 saturated heterocycles. The van der Waals surface area contributed by atoms with E-state index in [9.17, 15) is 8.42 Å². The van der Waals surface area contributed by atoms with Gasteiger partial charge in [-0.2, -0.15) is 8.42 Å². The minimum Gasteiger partial charge on any atom is -0.378 e. The van der Waals surface area contributed by atoms with Gasteiger partial charge in [0.2, 0.25) is 0 Å². The fourth-order valence-corrected chi connectivity index (χ4v) is 5.04. The second kappa shape index (κ2) is 9.56. The molecule has 0 aliphatic carbocycles. The van der Waals surface area contributed by atoms with Crippen LogP contribution in [0, 0.1) is 0 Å². The van der Waals surface area contributed by atoms with Gasteiger partial charge in [-0.15, -0.1) is 0 Å². The third-order valence-electron chi connectivity index (χ3n) is 4.37. The molecule has 0 aliphatic rings. The van der Waals surface area contributed by atoms with Gasteiger partial charge in [0, 0.05) is 34.6 Å². The summed E-state index contributed by atoms with van der Waals surface area (Å²) in [5.74, 6) is 0.506. The number of imidazole rings is 1. The number of nitrogens with zero attached hydrogens (tertiary/aromatic N) is 4. The lowest BCUT2D eigenvalue weighted by Gasteiger charge is -2.16. The molecule has 0 aliphatic heterocycles. The van der Waals surface area contributed by atoms with Crippen molar-refractivity contribution in [1.29, 1.82) is 0 Å². The summed E-state index contributed by atoms with van der Waals surface area (Å²) >= 11 is 12.0. The first-order valence-electron chi connectivity index (χ1n) is 9.60. The van der Waals surface area contributed by atoms with Gasteiger partial charge in [-0.25, -0.2) is 4.98 Å². The molecule has 0 atom stereocenters. The number of rotatable bonds is 8. The summed E-state index contributed by atoms with van der Waals surface area (Å²) < 4.78 is 34.0. The Morgan fingerprint density at radius 1 is 1.16 bits per heavy atom. The molecule has 0 fully saturated rings. The minimum atomic E-state index is -4.24. The Bertz CT molecular complexity index is 1140. The molecule has 31 heavy (non-hydrogen) atoms. The molecule has 0 saturated carbocycles. The molecule has 10 heteroatoms. The number of hydrogen-bond acceptors (Lipinski definition) is 6. The van der Waals surface area contributed by atoms with Crippen LogP contribution >= 0.6 is 23.2 Å². The Hall–Kier alpha value is -2.13. The second-order valence-corrected chi connectivity index (χ2v) is 10.0. The van der Waals surface area contributed by atoms with Crippen molar-refractivity contribution in [2.75, 3.05) is 14.1 Å². The third-order valence-corrected chi connectivity index (χ3v) is 6.12. The Morgan fingerprint density at radius 3 is 2.39 bits per heavy atom. The number of hydrogen-bond donors (Lipinski definition) is 0. The molecule has 166 valence electrons. The molecule has 3 rings (SSSR count). The molecular formula is C21H24Cl2N4O3S. The fraction of sp³-hybridized carbons (Fsp3) is 0.333. The average molecular weight is 483 g/mol. The lowest BCUT2D eigenvalue weighted by atomic mass is 10.1. The van der Waals surface area contributed by atoms with Crippen LogP contribution in [-0.4, -0.2) is 41.9 Å². The van der Waals surface area contributed by atoms with E-state index in [1.54, 1.807) is 23.0 Å². The molecule has 0 spiro atoms. The zero-order valence-corrected chi connectivity index (χ0v) is 20.0. The number of aromatic nitrogens is 3. The maximum atomic E-state index is 13.5. The van der Waals surface area contributed by atoms with Crippen LogP contribution in [-0.2, 0) is 23.2 Å². The van der Waals surface area contributed by atoms with E-state index >= 15 is 0 Å². The molecule has 0 unspecified atom stereocenters. The van der Waals surface area contributed by atoms with Gasteiger partial charge in [0.1, 0.15) is 11.6 Å². The van der Waals surface area contributed by atoms with E-state index in [-0.39, 0.29) is 33.3 Å². The van der Waals surface area contributed by atoms with Crippen LogP contribution in [0.15, 0.2) is 47.8 Å². The topological polar surface area (TPSA) is 77.3 Å². The molecule has 1 aromatic carbocycles. The van der Waals surface area contributed by atoms with Crippen molar-refractivity contribution < 1.29 is 12.6 Å². The SMILES string of the molecule is CC(C)c1nc(CN(C)C)n(Cc2cccnc2)c1S(=O)(=O)Oc1cc(Cl)cc(Cl)c1. The highest BCUT2D eigenvalue weighted by atomic mass is 35.5. The van der Waals surface area contributed by atoms with Crippen LogP contribution in [0.25, 0.3) is 0 Å². The normalized spacial score (nSPS) is 12.0. The first-order valence-corrected chi connectivity index (χ1v) is 11.8. The standard InChI is InChI=1S/C21H24Cl2N4O3S/c1-14(2)20-21(31(28,29)30-18-9-16(22)8-17(23)10-18)27(19(25-20)13-26(3)4)12-15-6-5-7-24-11-15/h5-11,14H,12-13H2,1-4H3. The van der Waals surface area contributed by atoms with E-state index in [2.05, 4.69) is 9.97 Å². The highest BCUT2D eigenvalue weighted by Gasteiger charge is 2.31. The largest absolute Gasteiger partial charge is 0.378 e. The minimum absolute atomic E-state index is 0.0132. The molecular weight excluding hydrogens is 459 g/mol. The molecule has 0 amide bonds. The van der Waals surface area contributed by atoms with Crippen molar-refractivity contribution in [2.24, 2.45) is 0 Å². The molecule has 2 heterocycles. The van der Waals surface area contributed by atoms with Crippen LogP contribution < -0.4 is 4.18 Å². The van der Waals surface area contributed by atoms with E-state index in [0.717, 1.165) is 5.56 Å². The summed E-state index contributed by atoms with van der Waals surface area (Å²) in [6.45, 7) is 4.53. The number of benzene rings is 1. The third kappa shape index (κ3) is 5.77. The van der Waals surface area contributed by atoms with Crippen molar-refractivity contribution in [2.45, 2.75) is 37.9 Å². The monoisotopic (exact) mass is 482 g/mol. The zero-order chi connectivity index (χ0) is 22.8. The average Bonchev–Trinajstić information content (AvgIpc) is 3.00. The lowest BCUT2D eigenvalue weighted by molar-refractivity contribution is 0.378. The highest BCUT2D eigenvalue weighted by molar-refractivity contribution is 7.87. The molecule has 0 bridgehead atoms. The molecule has 0 N–H and O–H groups in total. The van der Waals surface area contributed by atoms with Crippen molar-refractivity contribution in [3.8, 4) is 5.75 Å². The van der Waals surface area contributed by atoms with Gasteiger partial charge in [0.25, 0.3) is 0 Å². The van der Waals surface area contributed by atoms with E-state index in [1.165, 1.54) is 18.2 Å². The zero-order valence-electron chi connectivity index (χ0n) is 17.7. The molecule has 2 aromatic heterocycles. The van der Waals surface area contributed by atoms with Gasteiger partial charge >= 0.3 is 10.1 Å².